The van der Waals surface area contributed by atoms with Crippen LogP contribution in [0.4, 0.5) is 0 Å². The SMILES string of the molecule is Cc1nc2c(C(=O)O)cccc2n1Cc1ccn(C)n1. The van der Waals surface area contributed by atoms with Gasteiger partial charge in [-0.05, 0) is 25.1 Å². The number of carbonyl (C=O) groups is 1. The van der Waals surface area contributed by atoms with E-state index in [4.69, 9.17) is 0 Å². The molecule has 0 aliphatic heterocycles. The van der Waals surface area contributed by atoms with Crippen molar-refractivity contribution >= 4 is 17.0 Å². The molecular weight excluding hydrogens is 256 g/mol. The van der Waals surface area contributed by atoms with Gasteiger partial charge >= 0.3 is 5.97 Å². The van der Waals surface area contributed by atoms with Crippen molar-refractivity contribution in [3.63, 3.8) is 0 Å². The van der Waals surface area contributed by atoms with Crippen molar-refractivity contribution in [1.82, 2.24) is 19.3 Å². The van der Waals surface area contributed by atoms with Crippen molar-refractivity contribution in [3.8, 4) is 0 Å². The second kappa shape index (κ2) is 4.48. The maximum atomic E-state index is 11.2. The monoisotopic (exact) mass is 270 g/mol. The minimum absolute atomic E-state index is 0.227. The predicted molar refractivity (Wildman–Crippen MR) is 73.7 cm³/mol. The lowest BCUT2D eigenvalue weighted by Gasteiger charge is -2.04. The molecule has 0 spiro atoms. The summed E-state index contributed by atoms with van der Waals surface area (Å²) in [6, 6.07) is 7.13. The highest BCUT2D eigenvalue weighted by Gasteiger charge is 2.15. The Kier molecular flexibility index (Phi) is 2.78. The van der Waals surface area contributed by atoms with E-state index in [9.17, 15) is 9.90 Å². The van der Waals surface area contributed by atoms with Gasteiger partial charge in [0.2, 0.25) is 0 Å². The second-order valence-electron chi connectivity index (χ2n) is 4.70. The molecule has 0 atom stereocenters. The topological polar surface area (TPSA) is 72.9 Å². The first-order valence-electron chi connectivity index (χ1n) is 6.24. The second-order valence-corrected chi connectivity index (χ2v) is 4.70. The highest BCUT2D eigenvalue weighted by Crippen LogP contribution is 2.21. The molecule has 102 valence electrons. The maximum Gasteiger partial charge on any atom is 0.337 e. The minimum atomic E-state index is -0.960. The fraction of sp³-hybridized carbons (Fsp3) is 0.214. The average molecular weight is 270 g/mol. The van der Waals surface area contributed by atoms with Gasteiger partial charge in [-0.2, -0.15) is 5.10 Å². The lowest BCUT2D eigenvalue weighted by Crippen LogP contribution is -2.03. The van der Waals surface area contributed by atoms with Crippen LogP contribution in [-0.4, -0.2) is 30.4 Å². The van der Waals surface area contributed by atoms with E-state index in [0.717, 1.165) is 17.0 Å². The van der Waals surface area contributed by atoms with E-state index < -0.39 is 5.97 Å². The van der Waals surface area contributed by atoms with Crippen LogP contribution in [-0.2, 0) is 13.6 Å². The van der Waals surface area contributed by atoms with Gasteiger partial charge in [0.25, 0.3) is 0 Å². The average Bonchev–Trinajstić information content (AvgIpc) is 2.94. The summed E-state index contributed by atoms with van der Waals surface area (Å²) >= 11 is 0. The van der Waals surface area contributed by atoms with E-state index in [1.54, 1.807) is 16.8 Å². The summed E-state index contributed by atoms with van der Waals surface area (Å²) in [5.41, 5.74) is 2.47. The Hall–Kier alpha value is -2.63. The number of carboxylic acids is 1. The number of aromatic nitrogens is 4. The molecule has 2 heterocycles. The lowest BCUT2D eigenvalue weighted by atomic mass is 10.2. The van der Waals surface area contributed by atoms with Gasteiger partial charge in [-0.1, -0.05) is 6.07 Å². The fourth-order valence-corrected chi connectivity index (χ4v) is 2.34. The molecule has 1 aromatic carbocycles. The van der Waals surface area contributed by atoms with Gasteiger partial charge in [0.1, 0.15) is 11.3 Å². The van der Waals surface area contributed by atoms with Crippen LogP contribution >= 0.6 is 0 Å². The van der Waals surface area contributed by atoms with E-state index in [2.05, 4.69) is 10.1 Å². The molecule has 6 heteroatoms. The molecule has 0 saturated carbocycles. The molecule has 0 amide bonds. The Morgan fingerprint density at radius 1 is 1.35 bits per heavy atom. The van der Waals surface area contributed by atoms with Gasteiger partial charge in [-0.15, -0.1) is 0 Å². The number of rotatable bonds is 3. The quantitative estimate of drug-likeness (QED) is 0.788. The Balaban J connectivity index is 2.14. The van der Waals surface area contributed by atoms with Gasteiger partial charge in [0, 0.05) is 13.2 Å². The van der Waals surface area contributed by atoms with Crippen LogP contribution in [0.5, 0.6) is 0 Å². The molecule has 0 radical (unpaired) electrons. The highest BCUT2D eigenvalue weighted by atomic mass is 16.4. The predicted octanol–water partition coefficient (Wildman–Crippen LogP) is 1.82. The number of nitrogens with zero attached hydrogens (tertiary/aromatic N) is 4. The van der Waals surface area contributed by atoms with Crippen molar-refractivity contribution in [2.24, 2.45) is 7.05 Å². The third-order valence-corrected chi connectivity index (χ3v) is 3.29. The summed E-state index contributed by atoms with van der Waals surface area (Å²) in [5.74, 6) is -0.183. The molecule has 0 bridgehead atoms. The van der Waals surface area contributed by atoms with Gasteiger partial charge in [0.05, 0.1) is 23.3 Å². The van der Waals surface area contributed by atoms with Crippen LogP contribution in [0.15, 0.2) is 30.5 Å². The summed E-state index contributed by atoms with van der Waals surface area (Å²) in [6.45, 7) is 2.45. The first kappa shape index (κ1) is 12.4. The molecule has 3 rings (SSSR count). The maximum absolute atomic E-state index is 11.2. The number of aromatic carboxylic acids is 1. The zero-order valence-corrected chi connectivity index (χ0v) is 11.2. The van der Waals surface area contributed by atoms with Crippen molar-refractivity contribution < 1.29 is 9.90 Å². The Labute approximate surface area is 115 Å². The normalized spacial score (nSPS) is 11.1. The van der Waals surface area contributed by atoms with E-state index in [0.29, 0.717) is 12.1 Å². The van der Waals surface area contributed by atoms with Crippen molar-refractivity contribution in [1.29, 1.82) is 0 Å². The summed E-state index contributed by atoms with van der Waals surface area (Å²) in [5, 5.41) is 13.6. The molecule has 0 aliphatic carbocycles. The molecule has 3 aromatic rings. The van der Waals surface area contributed by atoms with Crippen LogP contribution in [0, 0.1) is 6.92 Å². The molecule has 20 heavy (non-hydrogen) atoms. The third-order valence-electron chi connectivity index (χ3n) is 3.29. The standard InChI is InChI=1S/C14H14N4O2/c1-9-15-13-11(14(19)20)4-3-5-12(13)18(9)8-10-6-7-17(2)16-10/h3-7H,8H2,1-2H3,(H,19,20). The Morgan fingerprint density at radius 3 is 2.80 bits per heavy atom. The lowest BCUT2D eigenvalue weighted by molar-refractivity contribution is 0.0699. The largest absolute Gasteiger partial charge is 0.478 e. The summed E-state index contributed by atoms with van der Waals surface area (Å²) in [4.78, 5) is 15.6. The molecule has 0 unspecified atom stereocenters. The van der Waals surface area contributed by atoms with Gasteiger partial charge < -0.3 is 9.67 Å². The van der Waals surface area contributed by atoms with E-state index >= 15 is 0 Å². The van der Waals surface area contributed by atoms with E-state index in [-0.39, 0.29) is 5.56 Å². The summed E-state index contributed by atoms with van der Waals surface area (Å²) in [7, 11) is 1.87. The molecule has 1 N–H and O–H groups in total. The van der Waals surface area contributed by atoms with Crippen LogP contribution < -0.4 is 0 Å². The Bertz CT molecular complexity index is 801. The van der Waals surface area contributed by atoms with E-state index in [1.807, 2.05) is 36.9 Å². The number of fused-ring (bicyclic) bond motifs is 1. The summed E-state index contributed by atoms with van der Waals surface area (Å²) < 4.78 is 3.72. The van der Waals surface area contributed by atoms with Crippen molar-refractivity contribution in [2.45, 2.75) is 13.5 Å². The number of imidazole rings is 1. The highest BCUT2D eigenvalue weighted by molar-refractivity contribution is 6.01. The van der Waals surface area contributed by atoms with Crippen LogP contribution in [0.1, 0.15) is 21.9 Å². The number of hydrogen-bond acceptors (Lipinski definition) is 3. The smallest absolute Gasteiger partial charge is 0.337 e. The first-order valence-corrected chi connectivity index (χ1v) is 6.24. The molecule has 0 aliphatic rings. The van der Waals surface area contributed by atoms with Crippen molar-refractivity contribution in [3.05, 3.63) is 47.5 Å². The zero-order valence-electron chi connectivity index (χ0n) is 11.2. The van der Waals surface area contributed by atoms with Crippen molar-refractivity contribution in [2.75, 3.05) is 0 Å². The molecule has 0 saturated heterocycles. The van der Waals surface area contributed by atoms with Crippen LogP contribution in [0.2, 0.25) is 0 Å². The number of hydrogen-bond donors (Lipinski definition) is 1. The third kappa shape index (κ3) is 1.95. The number of benzene rings is 1. The molecule has 0 fully saturated rings. The number of aryl methyl sites for hydroxylation is 2. The van der Waals surface area contributed by atoms with Gasteiger partial charge in [0.15, 0.2) is 0 Å². The number of para-hydroxylation sites is 1. The fourth-order valence-electron chi connectivity index (χ4n) is 2.34. The van der Waals surface area contributed by atoms with Crippen LogP contribution in [0.3, 0.4) is 0 Å². The molecule has 2 aromatic heterocycles. The molecule has 6 nitrogen and oxygen atoms in total. The summed E-state index contributed by atoms with van der Waals surface area (Å²) in [6.07, 6.45) is 1.88. The zero-order chi connectivity index (χ0) is 14.3. The van der Waals surface area contributed by atoms with Gasteiger partial charge in [-0.3, -0.25) is 4.68 Å². The Morgan fingerprint density at radius 2 is 2.15 bits per heavy atom. The van der Waals surface area contributed by atoms with E-state index in [1.165, 1.54) is 0 Å². The van der Waals surface area contributed by atoms with Gasteiger partial charge in [-0.25, -0.2) is 9.78 Å². The van der Waals surface area contributed by atoms with Crippen LogP contribution in [0.25, 0.3) is 11.0 Å². The molecular formula is C14H14N4O2. The number of carboxylic acid groups (broad SMARTS) is 1. The minimum Gasteiger partial charge on any atom is -0.478 e. The first-order chi connectivity index (χ1) is 9.56.